The first-order valence-electron chi connectivity index (χ1n) is 11.1. The first-order chi connectivity index (χ1) is 14.8. The van der Waals surface area contributed by atoms with E-state index in [0.717, 1.165) is 0 Å². The Bertz CT molecular complexity index is 1290. The maximum atomic E-state index is 12.6. The van der Waals surface area contributed by atoms with Crippen molar-refractivity contribution in [1.29, 1.82) is 0 Å². The molecule has 1 aliphatic heterocycles. The predicted octanol–water partition coefficient (Wildman–Crippen LogP) is 7.69. The molecule has 0 amide bonds. The fraction of sp³-hybridized carbons (Fsp3) is 0.276. The zero-order chi connectivity index (χ0) is 21.8. The maximum Gasteiger partial charge on any atom is 0.134 e. The summed E-state index contributed by atoms with van der Waals surface area (Å²) in [6, 6.07) is 28.7. The minimum absolute atomic E-state index is 0.0318. The molecule has 2 heteroatoms. The van der Waals surface area contributed by atoms with Gasteiger partial charge in [-0.3, -0.25) is 4.79 Å². The van der Waals surface area contributed by atoms with Crippen LogP contribution in [0.15, 0.2) is 78.9 Å². The fourth-order valence-corrected chi connectivity index (χ4v) is 10.1. The first-order valence-corrected chi connectivity index (χ1v) is 12.4. The molecule has 5 rings (SSSR count). The highest BCUT2D eigenvalue weighted by Gasteiger charge is 2.48. The van der Waals surface area contributed by atoms with Crippen LogP contribution in [-0.2, 0) is 4.79 Å². The van der Waals surface area contributed by atoms with E-state index in [-0.39, 0.29) is 10.3 Å². The normalized spacial score (nSPS) is 18.5. The molecule has 0 radical (unpaired) electrons. The van der Waals surface area contributed by atoms with Crippen LogP contribution in [0.2, 0.25) is 0 Å². The van der Waals surface area contributed by atoms with Gasteiger partial charge < -0.3 is 0 Å². The average molecular weight is 425 g/mol. The molecule has 1 heterocycles. The van der Waals surface area contributed by atoms with Gasteiger partial charge in [-0.15, -0.1) is 0 Å². The lowest BCUT2D eigenvalue weighted by atomic mass is 9.93. The summed E-state index contributed by atoms with van der Waals surface area (Å²) in [5.41, 5.74) is 2.66. The van der Waals surface area contributed by atoms with Crippen molar-refractivity contribution in [3.05, 3.63) is 78.9 Å². The van der Waals surface area contributed by atoms with E-state index in [9.17, 15) is 4.79 Å². The molecule has 1 aliphatic rings. The number of carbonyl (C=O) groups excluding carboxylic acids is 1. The van der Waals surface area contributed by atoms with E-state index >= 15 is 0 Å². The van der Waals surface area contributed by atoms with E-state index in [1.54, 1.807) is 0 Å². The van der Waals surface area contributed by atoms with Gasteiger partial charge >= 0.3 is 0 Å². The Balaban J connectivity index is 1.88. The van der Waals surface area contributed by atoms with Crippen molar-refractivity contribution in [2.75, 3.05) is 0 Å². The van der Waals surface area contributed by atoms with Gasteiger partial charge in [-0.2, -0.15) is 0 Å². The molecular formula is C29H29OP. The molecule has 1 saturated heterocycles. The van der Waals surface area contributed by atoms with Crippen LogP contribution in [0.3, 0.4) is 0 Å². The van der Waals surface area contributed by atoms with Gasteiger partial charge in [0.05, 0.1) is 0 Å². The number of benzene rings is 4. The number of hydrogen-bond acceptors (Lipinski definition) is 1. The van der Waals surface area contributed by atoms with E-state index in [4.69, 9.17) is 0 Å². The molecule has 0 bridgehead atoms. The van der Waals surface area contributed by atoms with Crippen LogP contribution in [0.4, 0.5) is 0 Å². The lowest BCUT2D eigenvalue weighted by Gasteiger charge is -2.50. The molecule has 0 saturated carbocycles. The molecule has 4 aromatic rings. The summed E-state index contributed by atoms with van der Waals surface area (Å²) in [4.78, 5) is 12.6. The molecule has 4 aromatic carbocycles. The molecule has 156 valence electrons. The molecule has 0 spiro atoms. The summed E-state index contributed by atoms with van der Waals surface area (Å²) in [5, 5.41) is 6.51. The van der Waals surface area contributed by atoms with Gasteiger partial charge in [-0.05, 0) is 48.3 Å². The van der Waals surface area contributed by atoms with Gasteiger partial charge in [0, 0.05) is 12.8 Å². The van der Waals surface area contributed by atoms with E-state index in [0.29, 0.717) is 18.6 Å². The minimum Gasteiger partial charge on any atom is -0.300 e. The number of Topliss-reactive ketones (excluding diaryl/α,β-unsaturated/α-hetero) is 1. The molecule has 0 unspecified atom stereocenters. The Kier molecular flexibility index (Phi) is 4.79. The van der Waals surface area contributed by atoms with Crippen LogP contribution in [0.1, 0.15) is 40.5 Å². The minimum atomic E-state index is -0.574. The fourth-order valence-electron chi connectivity index (χ4n) is 5.83. The van der Waals surface area contributed by atoms with Crippen molar-refractivity contribution in [3.63, 3.8) is 0 Å². The lowest BCUT2D eigenvalue weighted by Crippen LogP contribution is -2.43. The molecule has 0 aromatic heterocycles. The number of carbonyl (C=O) groups is 1. The summed E-state index contributed by atoms with van der Waals surface area (Å²) < 4.78 is 0. The largest absolute Gasteiger partial charge is 0.300 e. The molecule has 31 heavy (non-hydrogen) atoms. The Morgan fingerprint density at radius 3 is 1.87 bits per heavy atom. The van der Waals surface area contributed by atoms with E-state index in [2.05, 4.69) is 107 Å². The maximum absolute atomic E-state index is 12.6. The van der Waals surface area contributed by atoms with Crippen LogP contribution in [0.5, 0.6) is 0 Å². The van der Waals surface area contributed by atoms with Crippen molar-refractivity contribution >= 4 is 40.6 Å². The van der Waals surface area contributed by atoms with Crippen LogP contribution < -0.4 is 5.30 Å². The summed E-state index contributed by atoms with van der Waals surface area (Å²) >= 11 is 0. The Morgan fingerprint density at radius 2 is 1.19 bits per heavy atom. The van der Waals surface area contributed by atoms with E-state index in [1.165, 1.54) is 38.0 Å². The van der Waals surface area contributed by atoms with Crippen molar-refractivity contribution in [3.8, 4) is 11.1 Å². The topological polar surface area (TPSA) is 17.1 Å². The average Bonchev–Trinajstić information content (AvgIpc) is 2.71. The molecular weight excluding hydrogens is 395 g/mol. The summed E-state index contributed by atoms with van der Waals surface area (Å²) in [6.45, 7) is 9.22. The zero-order valence-corrected chi connectivity index (χ0v) is 19.7. The molecule has 1 fully saturated rings. The quantitative estimate of drug-likeness (QED) is 0.302. The second kappa shape index (κ2) is 7.28. The van der Waals surface area contributed by atoms with Crippen LogP contribution in [-0.4, -0.2) is 16.1 Å². The van der Waals surface area contributed by atoms with Crippen molar-refractivity contribution < 1.29 is 4.79 Å². The van der Waals surface area contributed by atoms with Crippen LogP contribution in [0, 0.1) is 0 Å². The Morgan fingerprint density at radius 1 is 0.645 bits per heavy atom. The smallest absolute Gasteiger partial charge is 0.134 e. The van der Waals surface area contributed by atoms with Crippen LogP contribution in [0.25, 0.3) is 32.7 Å². The zero-order valence-electron chi connectivity index (χ0n) is 18.8. The van der Waals surface area contributed by atoms with Crippen LogP contribution >= 0.6 is 7.92 Å². The Hall–Kier alpha value is -2.50. The Labute approximate surface area is 186 Å². The number of rotatable bonds is 2. The van der Waals surface area contributed by atoms with Crippen molar-refractivity contribution in [2.45, 2.75) is 50.8 Å². The van der Waals surface area contributed by atoms with E-state index in [1.807, 2.05) is 0 Å². The van der Waals surface area contributed by atoms with Gasteiger partial charge in [-0.25, -0.2) is 0 Å². The predicted molar refractivity (Wildman–Crippen MR) is 136 cm³/mol. The van der Waals surface area contributed by atoms with Crippen molar-refractivity contribution in [2.24, 2.45) is 0 Å². The third kappa shape index (κ3) is 3.40. The number of fused-ring (bicyclic) bond motifs is 2. The van der Waals surface area contributed by atoms with E-state index < -0.39 is 7.92 Å². The summed E-state index contributed by atoms with van der Waals surface area (Å²) in [6.07, 6.45) is 1.34. The standard InChI is InChI=1S/C29H29OP/c1-28(2)18-22(30)19-29(3,4)31(28)26-17-16-21-11-6-8-14-24(21)27(26)25-15-9-12-20-10-5-7-13-23(20)25/h5-17H,18-19H2,1-4H3. The molecule has 1 nitrogen and oxygen atoms in total. The summed E-state index contributed by atoms with van der Waals surface area (Å²) in [5.74, 6) is 0.404. The highest BCUT2D eigenvalue weighted by Crippen LogP contribution is 2.65. The molecule has 0 N–H and O–H groups in total. The number of hydrogen-bond donors (Lipinski definition) is 0. The SMILES string of the molecule is CC1(C)CC(=O)CC(C)(C)P1c1ccc2ccccc2c1-c1cccc2ccccc12. The van der Waals surface area contributed by atoms with Gasteiger partial charge in [0.2, 0.25) is 0 Å². The monoisotopic (exact) mass is 424 g/mol. The highest BCUT2D eigenvalue weighted by atomic mass is 31.1. The third-order valence-electron chi connectivity index (χ3n) is 6.68. The second-order valence-electron chi connectivity index (χ2n) is 10.1. The lowest BCUT2D eigenvalue weighted by molar-refractivity contribution is -0.120. The second-order valence-corrected chi connectivity index (χ2v) is 13.6. The van der Waals surface area contributed by atoms with Gasteiger partial charge in [-0.1, -0.05) is 114 Å². The third-order valence-corrected chi connectivity index (χ3v) is 10.3. The molecule has 0 aliphatic carbocycles. The number of ketones is 1. The van der Waals surface area contributed by atoms with Gasteiger partial charge in [0.25, 0.3) is 0 Å². The summed E-state index contributed by atoms with van der Waals surface area (Å²) in [7, 11) is -0.574. The van der Waals surface area contributed by atoms with Gasteiger partial charge in [0.15, 0.2) is 0 Å². The highest BCUT2D eigenvalue weighted by molar-refractivity contribution is 7.69. The molecule has 0 atom stereocenters. The van der Waals surface area contributed by atoms with Gasteiger partial charge in [0.1, 0.15) is 5.78 Å². The first kappa shape index (κ1) is 20.4. The van der Waals surface area contributed by atoms with Crippen molar-refractivity contribution in [1.82, 2.24) is 0 Å².